The first-order valence-electron chi connectivity index (χ1n) is 15.7. The summed E-state index contributed by atoms with van der Waals surface area (Å²) in [7, 11) is 0. The molecule has 48 heavy (non-hydrogen) atoms. The molecule has 5 aromatic rings. The van der Waals surface area contributed by atoms with Gasteiger partial charge in [0.15, 0.2) is 5.82 Å². The summed E-state index contributed by atoms with van der Waals surface area (Å²) < 4.78 is 78.9. The molecule has 16 heteroatoms. The molecule has 1 aliphatic carbocycles. The Kier molecular flexibility index (Phi) is 7.79. The summed E-state index contributed by atoms with van der Waals surface area (Å²) in [5.41, 5.74) is 1.65. The van der Waals surface area contributed by atoms with Crippen molar-refractivity contribution in [1.82, 2.24) is 39.6 Å². The third-order valence-corrected chi connectivity index (χ3v) is 9.28. The van der Waals surface area contributed by atoms with Crippen molar-refractivity contribution in [2.75, 3.05) is 18.5 Å². The summed E-state index contributed by atoms with van der Waals surface area (Å²) in [5, 5.41) is 9.73. The van der Waals surface area contributed by atoms with Crippen LogP contribution in [-0.4, -0.2) is 58.9 Å². The number of benzene rings is 1. The Balaban J connectivity index is 1.06. The number of halogens is 6. The predicted molar refractivity (Wildman–Crippen MR) is 165 cm³/mol. The van der Waals surface area contributed by atoms with Gasteiger partial charge in [0.25, 0.3) is 0 Å². The summed E-state index contributed by atoms with van der Waals surface area (Å²) in [4.78, 5) is 20.6. The molecule has 0 radical (unpaired) electrons. The van der Waals surface area contributed by atoms with Gasteiger partial charge in [-0.2, -0.15) is 18.3 Å². The van der Waals surface area contributed by atoms with Gasteiger partial charge < -0.3 is 14.6 Å². The lowest BCUT2D eigenvalue weighted by Gasteiger charge is -2.30. The zero-order valence-electron chi connectivity index (χ0n) is 25.4. The van der Waals surface area contributed by atoms with Gasteiger partial charge in [0, 0.05) is 42.7 Å². The van der Waals surface area contributed by atoms with E-state index in [-0.39, 0.29) is 17.7 Å². The average molecular weight is 686 g/mol. The van der Waals surface area contributed by atoms with E-state index < -0.39 is 41.3 Å². The Morgan fingerprint density at radius 2 is 1.83 bits per heavy atom. The molecular formula is C32H29ClF5N9O. The number of fused-ring (bicyclic) bond motifs is 2. The average Bonchev–Trinajstić information content (AvgIpc) is 3.64. The number of pyridine rings is 2. The normalized spacial score (nSPS) is 18.2. The first-order valence-corrected chi connectivity index (χ1v) is 16.1. The van der Waals surface area contributed by atoms with Gasteiger partial charge in [0.2, 0.25) is 0 Å². The van der Waals surface area contributed by atoms with Gasteiger partial charge in [0.1, 0.15) is 34.8 Å². The van der Waals surface area contributed by atoms with Crippen molar-refractivity contribution < 1.29 is 26.7 Å². The third kappa shape index (κ3) is 6.10. The number of aromatic amines is 1. The Morgan fingerprint density at radius 3 is 2.54 bits per heavy atom. The topological polar surface area (TPSA) is 110 Å². The van der Waals surface area contributed by atoms with E-state index in [0.717, 1.165) is 60.1 Å². The smallest absolute Gasteiger partial charge is 0.376 e. The van der Waals surface area contributed by atoms with Gasteiger partial charge in [-0.1, -0.05) is 11.6 Å². The van der Waals surface area contributed by atoms with Gasteiger partial charge >= 0.3 is 6.18 Å². The molecule has 3 aliphatic rings. The summed E-state index contributed by atoms with van der Waals surface area (Å²) in [6.07, 6.45) is 0.529. The minimum absolute atomic E-state index is 0.0448. The summed E-state index contributed by atoms with van der Waals surface area (Å²) >= 11 is 5.70. The molecule has 0 amide bonds. The van der Waals surface area contributed by atoms with E-state index in [2.05, 4.69) is 39.9 Å². The van der Waals surface area contributed by atoms with Crippen molar-refractivity contribution in [1.29, 1.82) is 0 Å². The van der Waals surface area contributed by atoms with Crippen LogP contribution in [0.15, 0.2) is 30.5 Å². The van der Waals surface area contributed by atoms with E-state index in [4.69, 9.17) is 21.3 Å². The summed E-state index contributed by atoms with van der Waals surface area (Å²) in [5.74, 6) is 0.132. The molecule has 2 aliphatic heterocycles. The van der Waals surface area contributed by atoms with Crippen LogP contribution in [0.25, 0.3) is 22.6 Å². The molecule has 1 saturated heterocycles. The third-order valence-electron chi connectivity index (χ3n) is 9.06. The van der Waals surface area contributed by atoms with Crippen molar-refractivity contribution in [3.8, 4) is 11.5 Å². The van der Waals surface area contributed by atoms with Gasteiger partial charge in [-0.05, 0) is 55.5 Å². The number of nitrogens with zero attached hydrogens (tertiary/aromatic N) is 7. The number of hydrogen-bond donors (Lipinski definition) is 2. The van der Waals surface area contributed by atoms with Crippen molar-refractivity contribution in [2.24, 2.45) is 0 Å². The standard InChI is InChI=1S/C32H29ClF5N9O/c33-18-8-22(34)20(23(35)9-18)11-40-30-21(32(36,37)38)7-17-3-5-46(14-26(17)42-30)15-28-41-24-10-25(31-43-29(44-45-31)16-1-2-16)39-12-27(24)47(28)13-19-4-6-48-19/h7-10,12,16,19H,1-6,11,13-15H2,(H,40,42)(H,43,44,45)/t19-/m0/s1. The van der Waals surface area contributed by atoms with E-state index in [1.165, 1.54) is 0 Å². The first-order chi connectivity index (χ1) is 23.1. The van der Waals surface area contributed by atoms with Crippen molar-refractivity contribution in [2.45, 2.75) is 70.1 Å². The minimum Gasteiger partial charge on any atom is -0.376 e. The second-order valence-corrected chi connectivity index (χ2v) is 12.9. The van der Waals surface area contributed by atoms with Crippen LogP contribution >= 0.6 is 11.6 Å². The summed E-state index contributed by atoms with van der Waals surface area (Å²) in [6.45, 7) is 1.86. The molecule has 8 rings (SSSR count). The summed E-state index contributed by atoms with van der Waals surface area (Å²) in [6, 6.07) is 4.76. The molecule has 0 unspecified atom stereocenters. The monoisotopic (exact) mass is 685 g/mol. The Bertz CT molecular complexity index is 2000. The highest BCUT2D eigenvalue weighted by atomic mass is 35.5. The van der Waals surface area contributed by atoms with Crippen LogP contribution in [0.5, 0.6) is 0 Å². The largest absolute Gasteiger partial charge is 0.419 e. The SMILES string of the molecule is Fc1cc(Cl)cc(F)c1CNc1nc2c(cc1C(F)(F)F)CCN(Cc1nc3cc(-c4n[nH]c(C5CC5)n4)ncc3n1C[C@@H]1CCO1)C2. The van der Waals surface area contributed by atoms with Crippen molar-refractivity contribution in [3.63, 3.8) is 0 Å². The quantitative estimate of drug-likeness (QED) is 0.172. The maximum absolute atomic E-state index is 14.4. The predicted octanol–water partition coefficient (Wildman–Crippen LogP) is 6.40. The van der Waals surface area contributed by atoms with E-state index in [1.807, 2.05) is 6.07 Å². The van der Waals surface area contributed by atoms with Crippen molar-refractivity contribution >= 4 is 28.5 Å². The Morgan fingerprint density at radius 1 is 1.04 bits per heavy atom. The number of ether oxygens (including phenoxy) is 1. The highest BCUT2D eigenvalue weighted by Gasteiger charge is 2.37. The maximum Gasteiger partial charge on any atom is 0.419 e. The molecule has 1 saturated carbocycles. The van der Waals surface area contributed by atoms with E-state index in [1.54, 1.807) is 6.20 Å². The maximum atomic E-state index is 14.4. The molecule has 1 atom stereocenters. The first kappa shape index (κ1) is 31.1. The van der Waals surface area contributed by atoms with Crippen LogP contribution in [0.1, 0.15) is 59.2 Å². The molecular weight excluding hydrogens is 657 g/mol. The number of hydrogen-bond acceptors (Lipinski definition) is 8. The van der Waals surface area contributed by atoms with Crippen LogP contribution in [0.3, 0.4) is 0 Å². The zero-order chi connectivity index (χ0) is 33.2. The van der Waals surface area contributed by atoms with Gasteiger partial charge in [-0.25, -0.2) is 23.7 Å². The number of rotatable bonds is 9. The highest BCUT2D eigenvalue weighted by Crippen LogP contribution is 2.39. The zero-order valence-corrected chi connectivity index (χ0v) is 26.2. The minimum atomic E-state index is -4.73. The number of nitrogens with one attached hydrogen (secondary N) is 2. The highest BCUT2D eigenvalue weighted by molar-refractivity contribution is 6.30. The molecule has 4 aromatic heterocycles. The van der Waals surface area contributed by atoms with E-state index >= 15 is 0 Å². The van der Waals surface area contributed by atoms with Gasteiger partial charge in [-0.15, -0.1) is 0 Å². The fourth-order valence-electron chi connectivity index (χ4n) is 6.20. The number of aromatic nitrogens is 7. The van der Waals surface area contributed by atoms with Crippen LogP contribution in [0, 0.1) is 11.6 Å². The number of imidazole rings is 1. The number of H-pyrrole nitrogens is 1. The lowest BCUT2D eigenvalue weighted by atomic mass is 10.0. The van der Waals surface area contributed by atoms with Crippen LogP contribution in [-0.2, 0) is 43.5 Å². The Hall–Kier alpha value is -4.21. The van der Waals surface area contributed by atoms with Crippen LogP contribution in [0.4, 0.5) is 27.8 Å². The molecule has 10 nitrogen and oxygen atoms in total. The molecule has 6 heterocycles. The molecule has 2 N–H and O–H groups in total. The van der Waals surface area contributed by atoms with Crippen LogP contribution < -0.4 is 5.32 Å². The second-order valence-electron chi connectivity index (χ2n) is 12.4. The van der Waals surface area contributed by atoms with E-state index in [9.17, 15) is 22.0 Å². The Labute approximate surface area is 275 Å². The molecule has 250 valence electrons. The molecule has 2 fully saturated rings. The lowest BCUT2D eigenvalue weighted by Crippen LogP contribution is -2.34. The second kappa shape index (κ2) is 12.0. The van der Waals surface area contributed by atoms with E-state index in [0.29, 0.717) is 61.4 Å². The lowest BCUT2D eigenvalue weighted by molar-refractivity contribution is -0.137. The van der Waals surface area contributed by atoms with Gasteiger partial charge in [-0.3, -0.25) is 15.0 Å². The number of anilines is 1. The fourth-order valence-corrected chi connectivity index (χ4v) is 6.39. The molecule has 0 bridgehead atoms. The van der Waals surface area contributed by atoms with Crippen molar-refractivity contribution in [3.05, 3.63) is 81.2 Å². The molecule has 1 aromatic carbocycles. The number of alkyl halides is 3. The molecule has 0 spiro atoms. The van der Waals surface area contributed by atoms with Gasteiger partial charge in [0.05, 0.1) is 47.7 Å². The van der Waals surface area contributed by atoms with Crippen LogP contribution in [0.2, 0.25) is 5.02 Å². The fraction of sp³-hybridized carbons (Fsp3) is 0.406.